The van der Waals surface area contributed by atoms with Crippen molar-refractivity contribution in [3.05, 3.63) is 0 Å². The van der Waals surface area contributed by atoms with Crippen molar-refractivity contribution in [2.75, 3.05) is 13.2 Å². The van der Waals surface area contributed by atoms with E-state index in [9.17, 15) is 0 Å². The zero-order valence-corrected chi connectivity index (χ0v) is 8.17. The molecule has 0 unspecified atom stereocenters. The summed E-state index contributed by atoms with van der Waals surface area (Å²) < 4.78 is 10.8. The van der Waals surface area contributed by atoms with Crippen molar-refractivity contribution in [3.63, 3.8) is 0 Å². The van der Waals surface area contributed by atoms with E-state index in [1.807, 2.05) is 0 Å². The van der Waals surface area contributed by atoms with Crippen LogP contribution in [0.1, 0.15) is 27.2 Å². The van der Waals surface area contributed by atoms with Crippen LogP contribution in [-0.2, 0) is 9.47 Å². The molecular formula is C9H19NO2. The van der Waals surface area contributed by atoms with Crippen molar-refractivity contribution >= 4 is 0 Å². The second-order valence-corrected chi connectivity index (χ2v) is 4.62. The molecule has 0 spiro atoms. The Kier molecular flexibility index (Phi) is 3.09. The zero-order valence-electron chi connectivity index (χ0n) is 8.17. The predicted octanol–water partition coefficient (Wildman–Crippen LogP) is 1.12. The molecule has 12 heavy (non-hydrogen) atoms. The Balaban J connectivity index is 2.26. The summed E-state index contributed by atoms with van der Waals surface area (Å²) in [5.74, 6) is 0. The van der Waals surface area contributed by atoms with Crippen molar-refractivity contribution in [2.24, 2.45) is 11.1 Å². The van der Waals surface area contributed by atoms with E-state index in [2.05, 4.69) is 20.8 Å². The molecule has 0 aromatic carbocycles. The highest BCUT2D eigenvalue weighted by atomic mass is 16.7. The van der Waals surface area contributed by atoms with Gasteiger partial charge in [-0.05, 0) is 5.41 Å². The number of rotatable bonds is 1. The summed E-state index contributed by atoms with van der Waals surface area (Å²) in [4.78, 5) is 0. The van der Waals surface area contributed by atoms with Gasteiger partial charge in [-0.3, -0.25) is 0 Å². The molecule has 1 heterocycles. The molecule has 1 fully saturated rings. The monoisotopic (exact) mass is 173 g/mol. The molecule has 1 aliphatic rings. The number of ether oxygens (including phenoxy) is 2. The van der Waals surface area contributed by atoms with E-state index in [4.69, 9.17) is 15.2 Å². The fraction of sp³-hybridized carbons (Fsp3) is 1.00. The standard InChI is InChI=1S/C9H19NO2/c1-9(2,3)4-8-11-5-7(10)6-12-8/h7-8H,4-6,10H2,1-3H3. The first kappa shape index (κ1) is 9.96. The molecular weight excluding hydrogens is 154 g/mol. The van der Waals surface area contributed by atoms with Crippen molar-refractivity contribution < 1.29 is 9.47 Å². The molecule has 3 heteroatoms. The first-order valence-corrected chi connectivity index (χ1v) is 4.46. The van der Waals surface area contributed by atoms with Crippen molar-refractivity contribution in [1.82, 2.24) is 0 Å². The molecule has 1 saturated heterocycles. The average molecular weight is 173 g/mol. The van der Waals surface area contributed by atoms with Gasteiger partial charge in [0.25, 0.3) is 0 Å². The molecule has 72 valence electrons. The highest BCUT2D eigenvalue weighted by molar-refractivity contribution is 4.69. The zero-order chi connectivity index (χ0) is 9.19. The van der Waals surface area contributed by atoms with Crippen LogP contribution in [0.3, 0.4) is 0 Å². The first-order chi connectivity index (χ1) is 5.47. The minimum Gasteiger partial charge on any atom is -0.351 e. The molecule has 0 saturated carbocycles. The Labute approximate surface area is 74.2 Å². The van der Waals surface area contributed by atoms with Crippen LogP contribution in [0.25, 0.3) is 0 Å². The SMILES string of the molecule is CC(C)(C)CC1OCC(N)CO1. The van der Waals surface area contributed by atoms with Crippen LogP contribution >= 0.6 is 0 Å². The highest BCUT2D eigenvalue weighted by Crippen LogP contribution is 2.24. The summed E-state index contributed by atoms with van der Waals surface area (Å²) in [6.07, 6.45) is 0.879. The Hall–Kier alpha value is -0.120. The summed E-state index contributed by atoms with van der Waals surface area (Å²) in [7, 11) is 0. The lowest BCUT2D eigenvalue weighted by molar-refractivity contribution is -0.197. The lowest BCUT2D eigenvalue weighted by Crippen LogP contribution is -2.42. The molecule has 0 aliphatic carbocycles. The van der Waals surface area contributed by atoms with Gasteiger partial charge >= 0.3 is 0 Å². The molecule has 1 aliphatic heterocycles. The van der Waals surface area contributed by atoms with Crippen LogP contribution in [-0.4, -0.2) is 25.5 Å². The molecule has 0 radical (unpaired) electrons. The highest BCUT2D eigenvalue weighted by Gasteiger charge is 2.24. The predicted molar refractivity (Wildman–Crippen MR) is 47.7 cm³/mol. The summed E-state index contributed by atoms with van der Waals surface area (Å²) in [5, 5.41) is 0. The molecule has 0 aromatic heterocycles. The Morgan fingerprint density at radius 3 is 2.17 bits per heavy atom. The molecule has 0 amide bonds. The van der Waals surface area contributed by atoms with Gasteiger partial charge in [-0.15, -0.1) is 0 Å². The fourth-order valence-electron chi connectivity index (χ4n) is 1.18. The van der Waals surface area contributed by atoms with Crippen LogP contribution in [0.5, 0.6) is 0 Å². The molecule has 0 bridgehead atoms. The van der Waals surface area contributed by atoms with E-state index in [0.717, 1.165) is 6.42 Å². The Morgan fingerprint density at radius 1 is 1.25 bits per heavy atom. The molecule has 1 rings (SSSR count). The van der Waals surface area contributed by atoms with E-state index in [-0.39, 0.29) is 17.7 Å². The van der Waals surface area contributed by atoms with Crippen LogP contribution in [0.2, 0.25) is 0 Å². The summed E-state index contributed by atoms with van der Waals surface area (Å²) >= 11 is 0. The van der Waals surface area contributed by atoms with Gasteiger partial charge < -0.3 is 15.2 Å². The molecule has 0 aromatic rings. The third kappa shape index (κ3) is 3.52. The minimum absolute atomic E-state index is 0.0511. The van der Waals surface area contributed by atoms with E-state index in [1.54, 1.807) is 0 Å². The van der Waals surface area contributed by atoms with Gasteiger partial charge in [0.1, 0.15) is 0 Å². The summed E-state index contributed by atoms with van der Waals surface area (Å²) in [6.45, 7) is 7.78. The van der Waals surface area contributed by atoms with Gasteiger partial charge in [-0.1, -0.05) is 20.8 Å². The molecule has 3 nitrogen and oxygen atoms in total. The average Bonchev–Trinajstić information content (AvgIpc) is 1.91. The van der Waals surface area contributed by atoms with Crippen molar-refractivity contribution in [1.29, 1.82) is 0 Å². The Bertz CT molecular complexity index is 134. The van der Waals surface area contributed by atoms with Gasteiger partial charge in [0.15, 0.2) is 6.29 Å². The maximum atomic E-state index is 5.61. The molecule has 2 N–H and O–H groups in total. The normalized spacial score (nSPS) is 32.0. The van der Waals surface area contributed by atoms with Gasteiger partial charge in [0.05, 0.1) is 19.3 Å². The van der Waals surface area contributed by atoms with Gasteiger partial charge in [-0.25, -0.2) is 0 Å². The van der Waals surface area contributed by atoms with Crippen LogP contribution in [0.4, 0.5) is 0 Å². The lowest BCUT2D eigenvalue weighted by atomic mass is 9.92. The second-order valence-electron chi connectivity index (χ2n) is 4.62. The quantitative estimate of drug-likeness (QED) is 0.646. The number of nitrogens with two attached hydrogens (primary N) is 1. The minimum atomic E-state index is -0.0511. The number of hydrogen-bond acceptors (Lipinski definition) is 3. The third-order valence-corrected chi connectivity index (χ3v) is 1.77. The van der Waals surface area contributed by atoms with E-state index in [1.165, 1.54) is 0 Å². The van der Waals surface area contributed by atoms with Gasteiger partial charge in [0, 0.05) is 6.42 Å². The first-order valence-electron chi connectivity index (χ1n) is 4.46. The smallest absolute Gasteiger partial charge is 0.158 e. The largest absolute Gasteiger partial charge is 0.351 e. The van der Waals surface area contributed by atoms with Gasteiger partial charge in [0.2, 0.25) is 0 Å². The topological polar surface area (TPSA) is 44.5 Å². The second kappa shape index (κ2) is 3.73. The van der Waals surface area contributed by atoms with Crippen LogP contribution in [0, 0.1) is 5.41 Å². The van der Waals surface area contributed by atoms with E-state index in [0.29, 0.717) is 13.2 Å². The van der Waals surface area contributed by atoms with Crippen molar-refractivity contribution in [3.8, 4) is 0 Å². The number of hydrogen-bond donors (Lipinski definition) is 1. The summed E-state index contributed by atoms with van der Waals surface area (Å²) in [6, 6.07) is 0.0567. The van der Waals surface area contributed by atoms with Crippen LogP contribution < -0.4 is 5.73 Å². The van der Waals surface area contributed by atoms with Gasteiger partial charge in [-0.2, -0.15) is 0 Å². The maximum Gasteiger partial charge on any atom is 0.158 e. The Morgan fingerprint density at radius 2 is 1.75 bits per heavy atom. The van der Waals surface area contributed by atoms with E-state index >= 15 is 0 Å². The van der Waals surface area contributed by atoms with Crippen molar-refractivity contribution in [2.45, 2.75) is 39.5 Å². The van der Waals surface area contributed by atoms with E-state index < -0.39 is 0 Å². The summed E-state index contributed by atoms with van der Waals surface area (Å²) in [5.41, 5.74) is 5.87. The maximum absolute atomic E-state index is 5.61. The fourth-order valence-corrected chi connectivity index (χ4v) is 1.18. The lowest BCUT2D eigenvalue weighted by Gasteiger charge is -2.31. The molecule has 0 atom stereocenters. The third-order valence-electron chi connectivity index (χ3n) is 1.77. The van der Waals surface area contributed by atoms with Crippen LogP contribution in [0.15, 0.2) is 0 Å².